The Morgan fingerprint density at radius 1 is 1.07 bits per heavy atom. The zero-order chi connectivity index (χ0) is 19.6. The number of nitrogens with zero attached hydrogens (tertiary/aromatic N) is 3. The zero-order valence-electron chi connectivity index (χ0n) is 15.0. The first-order valence-corrected chi connectivity index (χ1v) is 8.03. The van der Waals surface area contributed by atoms with E-state index >= 15 is 0 Å². The average Bonchev–Trinajstić information content (AvgIpc) is 2.96. The minimum Gasteiger partial charge on any atom is -0.493 e. The first-order chi connectivity index (χ1) is 12.9. The van der Waals surface area contributed by atoms with E-state index in [0.29, 0.717) is 28.5 Å². The Hall–Kier alpha value is -3.68. The van der Waals surface area contributed by atoms with Crippen molar-refractivity contribution in [2.45, 2.75) is 6.92 Å². The van der Waals surface area contributed by atoms with E-state index in [9.17, 15) is 14.9 Å². The van der Waals surface area contributed by atoms with Crippen LogP contribution >= 0.6 is 0 Å². The van der Waals surface area contributed by atoms with Crippen LogP contribution in [0.15, 0.2) is 53.1 Å². The van der Waals surface area contributed by atoms with Gasteiger partial charge in [0.25, 0.3) is 11.6 Å². The summed E-state index contributed by atoms with van der Waals surface area (Å²) < 4.78 is 10.5. The van der Waals surface area contributed by atoms with E-state index in [4.69, 9.17) is 9.47 Å². The standard InChI is InChI=1S/C19H17N3O5/c1-12-16(10-13-4-9-17(26-2)18(11-13)27-3)19(23)21(20-12)14-5-7-15(8-6-14)22(24)25/h4-11H,1-3H3/b16-10-. The molecule has 3 rings (SSSR count). The molecular formula is C19H17N3O5. The maximum absolute atomic E-state index is 12.8. The molecule has 8 nitrogen and oxygen atoms in total. The summed E-state index contributed by atoms with van der Waals surface area (Å²) in [6.07, 6.45) is 1.72. The summed E-state index contributed by atoms with van der Waals surface area (Å²) in [7, 11) is 3.09. The van der Waals surface area contributed by atoms with E-state index in [0.717, 1.165) is 5.56 Å². The summed E-state index contributed by atoms with van der Waals surface area (Å²) in [6, 6.07) is 11.0. The molecule has 0 saturated carbocycles. The van der Waals surface area contributed by atoms with E-state index < -0.39 is 4.92 Å². The van der Waals surface area contributed by atoms with Crippen LogP contribution in [0.2, 0.25) is 0 Å². The van der Waals surface area contributed by atoms with Crippen molar-refractivity contribution in [2.24, 2.45) is 5.10 Å². The first-order valence-electron chi connectivity index (χ1n) is 8.03. The van der Waals surface area contributed by atoms with E-state index in [1.54, 1.807) is 39.4 Å². The number of rotatable bonds is 5. The third kappa shape index (κ3) is 3.50. The minimum atomic E-state index is -0.494. The van der Waals surface area contributed by atoms with E-state index in [2.05, 4.69) is 5.10 Å². The van der Waals surface area contributed by atoms with Crippen LogP contribution in [0.3, 0.4) is 0 Å². The van der Waals surface area contributed by atoms with Crippen LogP contribution in [0.5, 0.6) is 11.5 Å². The summed E-state index contributed by atoms with van der Waals surface area (Å²) in [5.74, 6) is 0.838. The van der Waals surface area contributed by atoms with Gasteiger partial charge < -0.3 is 9.47 Å². The van der Waals surface area contributed by atoms with Crippen molar-refractivity contribution in [1.82, 2.24) is 0 Å². The van der Waals surface area contributed by atoms with Gasteiger partial charge in [-0.05, 0) is 42.8 Å². The monoisotopic (exact) mass is 367 g/mol. The molecule has 2 aromatic carbocycles. The lowest BCUT2D eigenvalue weighted by Gasteiger charge is -2.11. The average molecular weight is 367 g/mol. The molecule has 1 aliphatic rings. The van der Waals surface area contributed by atoms with Crippen LogP contribution in [0.4, 0.5) is 11.4 Å². The Kier molecular flexibility index (Phi) is 4.89. The van der Waals surface area contributed by atoms with Gasteiger partial charge in [0.2, 0.25) is 0 Å². The molecule has 1 heterocycles. The highest BCUT2D eigenvalue weighted by Crippen LogP contribution is 2.30. The number of hydrogen-bond acceptors (Lipinski definition) is 6. The molecule has 0 radical (unpaired) electrons. The van der Waals surface area contributed by atoms with E-state index in [1.807, 2.05) is 6.07 Å². The van der Waals surface area contributed by atoms with Crippen molar-refractivity contribution < 1.29 is 19.2 Å². The van der Waals surface area contributed by atoms with Gasteiger partial charge in [0.05, 0.1) is 36.1 Å². The topological polar surface area (TPSA) is 94.3 Å². The highest BCUT2D eigenvalue weighted by atomic mass is 16.6. The first kappa shape index (κ1) is 18.1. The molecule has 0 atom stereocenters. The third-order valence-corrected chi connectivity index (χ3v) is 4.09. The van der Waals surface area contributed by atoms with Crippen LogP contribution in [0.25, 0.3) is 6.08 Å². The summed E-state index contributed by atoms with van der Waals surface area (Å²) >= 11 is 0. The number of anilines is 1. The lowest BCUT2D eigenvalue weighted by molar-refractivity contribution is -0.384. The number of nitro groups is 1. The van der Waals surface area contributed by atoms with Crippen LogP contribution in [-0.4, -0.2) is 30.8 Å². The molecule has 8 heteroatoms. The second kappa shape index (κ2) is 7.28. The number of nitro benzene ring substituents is 1. The van der Waals surface area contributed by atoms with Gasteiger partial charge in [0.1, 0.15) is 0 Å². The molecule has 0 N–H and O–H groups in total. The number of hydrogen-bond donors (Lipinski definition) is 0. The fraction of sp³-hybridized carbons (Fsp3) is 0.158. The van der Waals surface area contributed by atoms with Gasteiger partial charge in [-0.15, -0.1) is 0 Å². The van der Waals surface area contributed by atoms with Gasteiger partial charge in [-0.25, -0.2) is 0 Å². The number of ether oxygens (including phenoxy) is 2. The Morgan fingerprint density at radius 2 is 1.74 bits per heavy atom. The van der Waals surface area contributed by atoms with Crippen molar-refractivity contribution in [1.29, 1.82) is 0 Å². The lowest BCUT2D eigenvalue weighted by Crippen LogP contribution is -2.21. The highest BCUT2D eigenvalue weighted by molar-refractivity contribution is 6.32. The fourth-order valence-corrected chi connectivity index (χ4v) is 2.68. The Labute approximate surface area is 155 Å². The van der Waals surface area contributed by atoms with Gasteiger partial charge >= 0.3 is 0 Å². The molecule has 0 aliphatic carbocycles. The maximum Gasteiger partial charge on any atom is 0.280 e. The van der Waals surface area contributed by atoms with Gasteiger partial charge in [0.15, 0.2) is 11.5 Å². The highest BCUT2D eigenvalue weighted by Gasteiger charge is 2.29. The number of benzene rings is 2. The van der Waals surface area contributed by atoms with E-state index in [1.165, 1.54) is 29.3 Å². The lowest BCUT2D eigenvalue weighted by atomic mass is 10.1. The number of methoxy groups -OCH3 is 2. The number of carbonyl (C=O) groups excluding carboxylic acids is 1. The number of carbonyl (C=O) groups is 1. The number of non-ortho nitro benzene ring substituents is 1. The Balaban J connectivity index is 1.91. The second-order valence-electron chi connectivity index (χ2n) is 5.75. The summed E-state index contributed by atoms with van der Waals surface area (Å²) in [6.45, 7) is 1.73. The zero-order valence-corrected chi connectivity index (χ0v) is 15.0. The molecule has 27 heavy (non-hydrogen) atoms. The summed E-state index contributed by atoms with van der Waals surface area (Å²) in [5.41, 5.74) is 2.15. The molecule has 0 bridgehead atoms. The smallest absolute Gasteiger partial charge is 0.280 e. The largest absolute Gasteiger partial charge is 0.493 e. The quantitative estimate of drug-likeness (QED) is 0.458. The van der Waals surface area contributed by atoms with Crippen molar-refractivity contribution in [2.75, 3.05) is 19.2 Å². The molecule has 0 fully saturated rings. The Morgan fingerprint density at radius 3 is 2.33 bits per heavy atom. The van der Waals surface area contributed by atoms with Gasteiger partial charge in [-0.1, -0.05) is 6.07 Å². The third-order valence-electron chi connectivity index (χ3n) is 4.09. The van der Waals surface area contributed by atoms with Crippen molar-refractivity contribution in [3.05, 3.63) is 63.7 Å². The Bertz CT molecular complexity index is 964. The summed E-state index contributed by atoms with van der Waals surface area (Å²) in [5, 5.41) is 16.3. The van der Waals surface area contributed by atoms with Crippen LogP contribution in [-0.2, 0) is 4.79 Å². The van der Waals surface area contributed by atoms with Gasteiger partial charge in [0, 0.05) is 12.1 Å². The van der Waals surface area contributed by atoms with Crippen LogP contribution < -0.4 is 14.5 Å². The normalized spacial score (nSPS) is 15.1. The number of amides is 1. The predicted octanol–water partition coefficient (Wildman–Crippen LogP) is 3.42. The second-order valence-corrected chi connectivity index (χ2v) is 5.75. The molecule has 0 saturated heterocycles. The minimum absolute atomic E-state index is 0.0489. The van der Waals surface area contributed by atoms with Crippen LogP contribution in [0.1, 0.15) is 12.5 Å². The molecule has 0 aromatic heterocycles. The van der Waals surface area contributed by atoms with Crippen molar-refractivity contribution in [3.63, 3.8) is 0 Å². The van der Waals surface area contributed by atoms with Crippen LogP contribution in [0, 0.1) is 10.1 Å². The fourth-order valence-electron chi connectivity index (χ4n) is 2.68. The SMILES string of the molecule is COc1ccc(/C=C2\C(=O)N(c3ccc([N+](=O)[O-])cc3)N=C2C)cc1OC. The molecular weight excluding hydrogens is 350 g/mol. The summed E-state index contributed by atoms with van der Waals surface area (Å²) in [4.78, 5) is 23.0. The molecule has 138 valence electrons. The van der Waals surface area contributed by atoms with Crippen molar-refractivity contribution in [3.8, 4) is 11.5 Å². The molecule has 0 unspecified atom stereocenters. The van der Waals surface area contributed by atoms with Gasteiger partial charge in [-0.3, -0.25) is 14.9 Å². The van der Waals surface area contributed by atoms with Gasteiger partial charge in [-0.2, -0.15) is 10.1 Å². The molecule has 2 aromatic rings. The molecule has 0 spiro atoms. The van der Waals surface area contributed by atoms with Crippen molar-refractivity contribution >= 4 is 29.1 Å². The molecule has 1 aliphatic heterocycles. The van der Waals surface area contributed by atoms with E-state index in [-0.39, 0.29) is 11.6 Å². The number of hydrazone groups is 1. The maximum atomic E-state index is 12.8. The molecule has 1 amide bonds. The predicted molar refractivity (Wildman–Crippen MR) is 101 cm³/mol.